The Kier molecular flexibility index (Phi) is 3.51. The van der Waals surface area contributed by atoms with Gasteiger partial charge in [0.25, 0.3) is 5.69 Å². The normalized spacial score (nSPS) is 10.8. The third-order valence-corrected chi connectivity index (χ3v) is 2.39. The zero-order chi connectivity index (χ0) is 13.8. The van der Waals surface area contributed by atoms with Crippen LogP contribution in [0.2, 0.25) is 0 Å². The molecular weight excluding hydrogens is 251 g/mol. The fourth-order valence-corrected chi connectivity index (χ4v) is 1.42. The molecule has 0 spiro atoms. The average Bonchev–Trinajstić information content (AvgIpc) is 2.39. The summed E-state index contributed by atoms with van der Waals surface area (Å²) in [7, 11) is 0. The van der Waals surface area contributed by atoms with Crippen LogP contribution in [0.15, 0.2) is 47.5 Å². The number of non-ortho nitro benzene ring substituents is 1. The highest BCUT2D eigenvalue weighted by molar-refractivity contribution is 5.82. The molecule has 0 saturated heterocycles. The second-order valence-corrected chi connectivity index (χ2v) is 3.74. The van der Waals surface area contributed by atoms with Crippen LogP contribution in [0.3, 0.4) is 0 Å². The lowest BCUT2D eigenvalue weighted by molar-refractivity contribution is -0.384. The fraction of sp³-hybridized carbons (Fsp3) is 0. The van der Waals surface area contributed by atoms with E-state index in [9.17, 15) is 19.6 Å². The molecule has 96 valence electrons. The minimum absolute atomic E-state index is 0.0820. The summed E-state index contributed by atoms with van der Waals surface area (Å²) in [5.74, 6) is -0.528. The van der Waals surface area contributed by atoms with E-state index in [1.807, 2.05) is 0 Å². The lowest BCUT2D eigenvalue weighted by Crippen LogP contribution is -1.87. The molecule has 0 aliphatic carbocycles. The first kappa shape index (κ1) is 12.7. The Morgan fingerprint density at radius 2 is 1.89 bits per heavy atom. The van der Waals surface area contributed by atoms with Gasteiger partial charge in [-0.25, -0.2) is 4.39 Å². The molecule has 2 aromatic carbocycles. The van der Waals surface area contributed by atoms with Gasteiger partial charge in [-0.1, -0.05) is 12.1 Å². The number of nitro groups is 1. The highest BCUT2D eigenvalue weighted by Gasteiger charge is 2.08. The van der Waals surface area contributed by atoms with Crippen LogP contribution in [0.1, 0.15) is 5.56 Å². The molecule has 0 radical (unpaired) electrons. The maximum atomic E-state index is 12.7. The van der Waals surface area contributed by atoms with Gasteiger partial charge in [0.15, 0.2) is 0 Å². The Bertz CT molecular complexity index is 639. The Labute approximate surface area is 107 Å². The van der Waals surface area contributed by atoms with Crippen molar-refractivity contribution in [2.75, 3.05) is 0 Å². The number of benzene rings is 2. The van der Waals surface area contributed by atoms with Gasteiger partial charge in [-0.3, -0.25) is 15.1 Å². The molecule has 0 aromatic heterocycles. The Hall–Kier alpha value is -2.76. The summed E-state index contributed by atoms with van der Waals surface area (Å²) in [5.41, 5.74) is 0.537. The van der Waals surface area contributed by atoms with Crippen LogP contribution in [0.5, 0.6) is 5.75 Å². The van der Waals surface area contributed by atoms with Crippen molar-refractivity contribution in [1.82, 2.24) is 0 Å². The van der Waals surface area contributed by atoms with Crippen LogP contribution in [0.25, 0.3) is 0 Å². The summed E-state index contributed by atoms with van der Waals surface area (Å²) in [6.07, 6.45) is 1.39. The second-order valence-electron chi connectivity index (χ2n) is 3.74. The quantitative estimate of drug-likeness (QED) is 0.523. The molecule has 5 nitrogen and oxygen atoms in total. The van der Waals surface area contributed by atoms with Crippen LogP contribution in [-0.2, 0) is 0 Å². The molecule has 0 fully saturated rings. The SMILES string of the molecule is O=[N+]([O-])c1ccc(O)c(N=Cc2ccc(F)cc2)c1. The molecule has 2 aromatic rings. The Morgan fingerprint density at radius 1 is 1.21 bits per heavy atom. The average molecular weight is 260 g/mol. The number of hydrogen-bond donors (Lipinski definition) is 1. The molecular formula is C13H9FN2O3. The first-order chi connectivity index (χ1) is 9.06. The fourth-order valence-electron chi connectivity index (χ4n) is 1.42. The third kappa shape index (κ3) is 3.12. The van der Waals surface area contributed by atoms with E-state index in [1.54, 1.807) is 0 Å². The van der Waals surface area contributed by atoms with Crippen LogP contribution in [0.4, 0.5) is 15.8 Å². The van der Waals surface area contributed by atoms with Crippen molar-refractivity contribution in [3.05, 3.63) is 64.0 Å². The van der Waals surface area contributed by atoms with E-state index in [4.69, 9.17) is 0 Å². The van der Waals surface area contributed by atoms with E-state index in [-0.39, 0.29) is 22.9 Å². The molecule has 2 rings (SSSR count). The molecule has 0 heterocycles. The Balaban J connectivity index is 2.29. The molecule has 0 saturated carbocycles. The van der Waals surface area contributed by atoms with Crippen molar-refractivity contribution >= 4 is 17.6 Å². The number of nitro benzene ring substituents is 1. The topological polar surface area (TPSA) is 75.7 Å². The van der Waals surface area contributed by atoms with Crippen molar-refractivity contribution in [1.29, 1.82) is 0 Å². The molecule has 1 N–H and O–H groups in total. The van der Waals surface area contributed by atoms with Crippen molar-refractivity contribution in [3.8, 4) is 5.75 Å². The zero-order valence-electron chi connectivity index (χ0n) is 9.65. The molecule has 0 aliphatic heterocycles. The van der Waals surface area contributed by atoms with E-state index in [1.165, 1.54) is 42.6 Å². The van der Waals surface area contributed by atoms with Crippen molar-refractivity contribution < 1.29 is 14.4 Å². The van der Waals surface area contributed by atoms with Crippen molar-refractivity contribution in [2.24, 2.45) is 4.99 Å². The van der Waals surface area contributed by atoms with E-state index >= 15 is 0 Å². The van der Waals surface area contributed by atoms with Crippen molar-refractivity contribution in [3.63, 3.8) is 0 Å². The van der Waals surface area contributed by atoms with Gasteiger partial charge in [0.1, 0.15) is 17.3 Å². The molecule has 0 aliphatic rings. The van der Waals surface area contributed by atoms with Crippen molar-refractivity contribution in [2.45, 2.75) is 0 Å². The molecule has 19 heavy (non-hydrogen) atoms. The summed E-state index contributed by atoms with van der Waals surface area (Å²) in [4.78, 5) is 14.0. The number of nitrogens with zero attached hydrogens (tertiary/aromatic N) is 2. The predicted octanol–water partition coefficient (Wildman–Crippen LogP) is 3.19. The van der Waals surface area contributed by atoms with E-state index in [2.05, 4.69) is 4.99 Å². The van der Waals surface area contributed by atoms with Crippen LogP contribution in [0, 0.1) is 15.9 Å². The summed E-state index contributed by atoms with van der Waals surface area (Å²) in [5, 5.41) is 20.1. The van der Waals surface area contributed by atoms with Gasteiger partial charge < -0.3 is 5.11 Å². The third-order valence-electron chi connectivity index (χ3n) is 2.39. The van der Waals surface area contributed by atoms with Gasteiger partial charge in [0.05, 0.1) is 4.92 Å². The second kappa shape index (κ2) is 5.26. The monoisotopic (exact) mass is 260 g/mol. The maximum absolute atomic E-state index is 12.7. The summed E-state index contributed by atoms with van der Waals surface area (Å²) in [6.45, 7) is 0. The molecule has 0 bridgehead atoms. The molecule has 0 amide bonds. The number of phenols is 1. The number of rotatable bonds is 3. The summed E-state index contributed by atoms with van der Waals surface area (Å²) in [6, 6.07) is 9.11. The van der Waals surface area contributed by atoms with Gasteiger partial charge in [-0.05, 0) is 23.8 Å². The minimum Gasteiger partial charge on any atom is -0.506 e. The molecule has 0 atom stereocenters. The zero-order valence-corrected chi connectivity index (χ0v) is 9.65. The lowest BCUT2D eigenvalue weighted by atomic mass is 10.2. The largest absolute Gasteiger partial charge is 0.506 e. The number of aromatic hydroxyl groups is 1. The standard InChI is InChI=1S/C13H9FN2O3/c14-10-3-1-9(2-4-10)8-15-12-7-11(16(18)19)5-6-13(12)17/h1-8,17H. The van der Waals surface area contributed by atoms with Gasteiger partial charge in [-0.15, -0.1) is 0 Å². The Morgan fingerprint density at radius 3 is 2.53 bits per heavy atom. The number of halogens is 1. The number of phenolic OH excluding ortho intramolecular Hbond substituents is 1. The maximum Gasteiger partial charge on any atom is 0.271 e. The van der Waals surface area contributed by atoms with E-state index in [0.717, 1.165) is 6.07 Å². The number of aliphatic imine (C=N–C) groups is 1. The van der Waals surface area contributed by atoms with Crippen LogP contribution < -0.4 is 0 Å². The van der Waals surface area contributed by atoms with Gasteiger partial charge >= 0.3 is 0 Å². The number of hydrogen-bond acceptors (Lipinski definition) is 4. The highest BCUT2D eigenvalue weighted by Crippen LogP contribution is 2.30. The van der Waals surface area contributed by atoms with Gasteiger partial charge in [-0.2, -0.15) is 0 Å². The van der Waals surface area contributed by atoms with E-state index < -0.39 is 4.92 Å². The molecule has 0 unspecified atom stereocenters. The van der Waals surface area contributed by atoms with Crippen LogP contribution >= 0.6 is 0 Å². The van der Waals surface area contributed by atoms with Gasteiger partial charge in [0, 0.05) is 18.3 Å². The van der Waals surface area contributed by atoms with E-state index in [0.29, 0.717) is 5.56 Å². The highest BCUT2D eigenvalue weighted by atomic mass is 19.1. The smallest absolute Gasteiger partial charge is 0.271 e. The first-order valence-corrected chi connectivity index (χ1v) is 5.33. The summed E-state index contributed by atoms with van der Waals surface area (Å²) >= 11 is 0. The summed E-state index contributed by atoms with van der Waals surface area (Å²) < 4.78 is 12.7. The lowest BCUT2D eigenvalue weighted by Gasteiger charge is -1.98. The first-order valence-electron chi connectivity index (χ1n) is 5.33. The predicted molar refractivity (Wildman–Crippen MR) is 68.4 cm³/mol. The van der Waals surface area contributed by atoms with Crippen LogP contribution in [-0.4, -0.2) is 16.2 Å². The minimum atomic E-state index is -0.573. The van der Waals surface area contributed by atoms with Gasteiger partial charge in [0.2, 0.25) is 0 Å². The molecule has 6 heteroatoms.